The van der Waals surface area contributed by atoms with Crippen molar-refractivity contribution in [1.29, 1.82) is 0 Å². The minimum absolute atomic E-state index is 0.0663. The molecule has 0 spiro atoms. The molecule has 0 fully saturated rings. The van der Waals surface area contributed by atoms with Gasteiger partial charge in [0.1, 0.15) is 13.2 Å². The van der Waals surface area contributed by atoms with Gasteiger partial charge in [0, 0.05) is 19.3 Å². The van der Waals surface area contributed by atoms with E-state index < -0.39 is 6.10 Å². The first-order valence-corrected chi connectivity index (χ1v) is 32.7. The number of carbonyl (C=O) groups is 3. The van der Waals surface area contributed by atoms with Crippen LogP contribution < -0.4 is 0 Å². The Morgan fingerprint density at radius 3 is 0.750 bits per heavy atom. The predicted molar refractivity (Wildman–Crippen MR) is 312 cm³/mol. The minimum atomic E-state index is -0.768. The summed E-state index contributed by atoms with van der Waals surface area (Å²) in [6.07, 6.45) is 72.4. The van der Waals surface area contributed by atoms with Crippen LogP contribution in [0.4, 0.5) is 0 Å². The molecule has 0 amide bonds. The van der Waals surface area contributed by atoms with Gasteiger partial charge in [0.05, 0.1) is 0 Å². The number of allylic oxidation sites excluding steroid dienone is 2. The molecule has 0 rings (SSSR count). The standard InChI is InChI=1S/C66H126O6/c1-4-7-10-13-16-19-22-24-26-28-30-31-32-33-34-35-36-37-39-40-42-44-47-50-53-56-59-65(68)71-62-63(61-70-64(67)58-55-52-49-46-21-18-15-12-9-6-3)72-66(69)60-57-54-51-48-45-43-41-38-29-27-25-23-20-17-14-11-8-5-2/h12,15,63H,4-11,13-14,16-62H2,1-3H3/b15-12-. The van der Waals surface area contributed by atoms with Crippen LogP contribution in [0.2, 0.25) is 0 Å². The fourth-order valence-electron chi connectivity index (χ4n) is 10.1. The number of rotatable bonds is 61. The quantitative estimate of drug-likeness (QED) is 0.0261. The van der Waals surface area contributed by atoms with Gasteiger partial charge in [-0.3, -0.25) is 14.4 Å². The third kappa shape index (κ3) is 59.0. The normalized spacial score (nSPS) is 12.0. The maximum Gasteiger partial charge on any atom is 0.306 e. The van der Waals surface area contributed by atoms with Crippen LogP contribution in [0.1, 0.15) is 374 Å². The van der Waals surface area contributed by atoms with E-state index in [9.17, 15) is 14.4 Å². The van der Waals surface area contributed by atoms with Crippen LogP contribution >= 0.6 is 0 Å². The Bertz CT molecular complexity index is 1120. The van der Waals surface area contributed by atoms with Gasteiger partial charge in [-0.1, -0.05) is 328 Å². The number of ether oxygens (including phenoxy) is 3. The molecule has 426 valence electrons. The Labute approximate surface area is 450 Å². The summed E-state index contributed by atoms with van der Waals surface area (Å²) < 4.78 is 16.9. The number of esters is 3. The van der Waals surface area contributed by atoms with Crippen LogP contribution in [-0.4, -0.2) is 37.2 Å². The molecule has 0 aliphatic heterocycles. The second kappa shape index (κ2) is 61.7. The molecule has 1 atom stereocenters. The first kappa shape index (κ1) is 70.1. The van der Waals surface area contributed by atoms with Gasteiger partial charge in [0.25, 0.3) is 0 Å². The lowest BCUT2D eigenvalue weighted by Gasteiger charge is -2.18. The highest BCUT2D eigenvalue weighted by Gasteiger charge is 2.19. The third-order valence-corrected chi connectivity index (χ3v) is 15.0. The molecule has 0 aromatic heterocycles. The highest BCUT2D eigenvalue weighted by atomic mass is 16.6. The summed E-state index contributed by atoms with van der Waals surface area (Å²) in [4.78, 5) is 38.2. The monoisotopic (exact) mass is 1010 g/mol. The summed E-state index contributed by atoms with van der Waals surface area (Å²) >= 11 is 0. The maximum absolute atomic E-state index is 12.9. The van der Waals surface area contributed by atoms with Crippen LogP contribution in [0, 0.1) is 0 Å². The Kier molecular flexibility index (Phi) is 60.1. The molecular formula is C66H126O6. The molecule has 1 unspecified atom stereocenters. The summed E-state index contributed by atoms with van der Waals surface area (Å²) in [7, 11) is 0. The summed E-state index contributed by atoms with van der Waals surface area (Å²) in [5.74, 6) is -0.849. The first-order chi connectivity index (χ1) is 35.5. The average Bonchev–Trinajstić information content (AvgIpc) is 3.38. The van der Waals surface area contributed by atoms with Gasteiger partial charge in [-0.15, -0.1) is 0 Å². The van der Waals surface area contributed by atoms with Crippen molar-refractivity contribution < 1.29 is 28.6 Å². The van der Waals surface area contributed by atoms with Crippen LogP contribution in [0.15, 0.2) is 12.2 Å². The van der Waals surface area contributed by atoms with E-state index in [-0.39, 0.29) is 31.1 Å². The number of carbonyl (C=O) groups excluding carboxylic acids is 3. The van der Waals surface area contributed by atoms with E-state index in [1.54, 1.807) is 0 Å². The third-order valence-electron chi connectivity index (χ3n) is 15.0. The lowest BCUT2D eigenvalue weighted by molar-refractivity contribution is -0.167. The number of hydrogen-bond acceptors (Lipinski definition) is 6. The maximum atomic E-state index is 12.9. The van der Waals surface area contributed by atoms with Gasteiger partial charge >= 0.3 is 17.9 Å². The molecule has 0 N–H and O–H groups in total. The number of unbranched alkanes of at least 4 members (excludes halogenated alkanes) is 48. The van der Waals surface area contributed by atoms with E-state index in [1.165, 1.54) is 263 Å². The Morgan fingerprint density at radius 1 is 0.264 bits per heavy atom. The fourth-order valence-corrected chi connectivity index (χ4v) is 10.1. The summed E-state index contributed by atoms with van der Waals surface area (Å²) in [6.45, 7) is 6.65. The van der Waals surface area contributed by atoms with E-state index >= 15 is 0 Å². The molecule has 0 bridgehead atoms. The van der Waals surface area contributed by atoms with E-state index in [0.717, 1.165) is 70.6 Å². The van der Waals surface area contributed by atoms with Crippen LogP contribution in [0.3, 0.4) is 0 Å². The van der Waals surface area contributed by atoms with Gasteiger partial charge in [-0.2, -0.15) is 0 Å². The van der Waals surface area contributed by atoms with Crippen molar-refractivity contribution in [2.45, 2.75) is 380 Å². The zero-order valence-corrected chi connectivity index (χ0v) is 49.0. The van der Waals surface area contributed by atoms with Crippen molar-refractivity contribution in [2.75, 3.05) is 13.2 Å². The van der Waals surface area contributed by atoms with Crippen molar-refractivity contribution in [3.05, 3.63) is 12.2 Å². The Morgan fingerprint density at radius 2 is 0.486 bits per heavy atom. The molecule has 0 saturated carbocycles. The molecule has 0 aromatic carbocycles. The molecular weight excluding hydrogens is 889 g/mol. The van der Waals surface area contributed by atoms with Gasteiger partial charge in [-0.25, -0.2) is 0 Å². The van der Waals surface area contributed by atoms with Gasteiger partial charge in [0.2, 0.25) is 0 Å². The number of hydrogen-bond donors (Lipinski definition) is 0. The summed E-state index contributed by atoms with van der Waals surface area (Å²) in [5, 5.41) is 0. The van der Waals surface area contributed by atoms with E-state index in [4.69, 9.17) is 14.2 Å². The molecule has 6 nitrogen and oxygen atoms in total. The molecule has 6 heteroatoms. The van der Waals surface area contributed by atoms with Gasteiger partial charge in [0.15, 0.2) is 6.10 Å². The minimum Gasteiger partial charge on any atom is -0.462 e. The smallest absolute Gasteiger partial charge is 0.306 e. The molecule has 0 saturated heterocycles. The molecule has 0 radical (unpaired) electrons. The summed E-state index contributed by atoms with van der Waals surface area (Å²) in [6, 6.07) is 0. The van der Waals surface area contributed by atoms with Crippen LogP contribution in [0.5, 0.6) is 0 Å². The lowest BCUT2D eigenvalue weighted by atomic mass is 10.0. The zero-order chi connectivity index (χ0) is 52.2. The van der Waals surface area contributed by atoms with Crippen LogP contribution in [-0.2, 0) is 28.6 Å². The SMILES string of the molecule is CCC/C=C\CCCCCCCC(=O)OCC(COC(=O)CCCCCCCCCCCCCCCCCCCCCCCCCCCC)OC(=O)CCCCCCCCCCCCCCCCCCCC. The fraction of sp³-hybridized carbons (Fsp3) is 0.924. The van der Waals surface area contributed by atoms with Crippen molar-refractivity contribution in [3.8, 4) is 0 Å². The largest absolute Gasteiger partial charge is 0.462 e. The van der Waals surface area contributed by atoms with Crippen molar-refractivity contribution in [2.24, 2.45) is 0 Å². The second-order valence-electron chi connectivity index (χ2n) is 22.4. The molecule has 0 heterocycles. The Hall–Kier alpha value is -1.85. The molecule has 72 heavy (non-hydrogen) atoms. The van der Waals surface area contributed by atoms with E-state index in [1.807, 2.05) is 0 Å². The molecule has 0 aliphatic rings. The predicted octanol–water partition coefficient (Wildman–Crippen LogP) is 22.1. The van der Waals surface area contributed by atoms with Crippen LogP contribution in [0.25, 0.3) is 0 Å². The topological polar surface area (TPSA) is 78.9 Å². The van der Waals surface area contributed by atoms with E-state index in [0.29, 0.717) is 19.3 Å². The second-order valence-corrected chi connectivity index (χ2v) is 22.4. The average molecular weight is 1020 g/mol. The van der Waals surface area contributed by atoms with Crippen molar-refractivity contribution in [3.63, 3.8) is 0 Å². The zero-order valence-electron chi connectivity index (χ0n) is 49.0. The lowest BCUT2D eigenvalue weighted by Crippen LogP contribution is -2.30. The molecule has 0 aromatic rings. The first-order valence-electron chi connectivity index (χ1n) is 32.7. The Balaban J connectivity index is 4.12. The van der Waals surface area contributed by atoms with Gasteiger partial charge < -0.3 is 14.2 Å². The van der Waals surface area contributed by atoms with Crippen molar-refractivity contribution >= 4 is 17.9 Å². The van der Waals surface area contributed by atoms with E-state index in [2.05, 4.69) is 32.9 Å². The highest BCUT2D eigenvalue weighted by Crippen LogP contribution is 2.19. The summed E-state index contributed by atoms with van der Waals surface area (Å²) in [5.41, 5.74) is 0. The highest BCUT2D eigenvalue weighted by molar-refractivity contribution is 5.71. The molecule has 0 aliphatic carbocycles. The van der Waals surface area contributed by atoms with Gasteiger partial charge in [-0.05, 0) is 38.5 Å². The van der Waals surface area contributed by atoms with Crippen molar-refractivity contribution in [1.82, 2.24) is 0 Å².